The van der Waals surface area contributed by atoms with Gasteiger partial charge in [-0.3, -0.25) is 4.79 Å². The highest BCUT2D eigenvalue weighted by atomic mass is 16.4. The van der Waals surface area contributed by atoms with Crippen LogP contribution in [0, 0.1) is 12.8 Å². The first-order chi connectivity index (χ1) is 9.66. The van der Waals surface area contributed by atoms with E-state index in [1.54, 1.807) is 0 Å². The lowest BCUT2D eigenvalue weighted by atomic mass is 9.91. The summed E-state index contributed by atoms with van der Waals surface area (Å²) in [5.74, 6) is -0.492. The van der Waals surface area contributed by atoms with Crippen LogP contribution in [0.25, 0.3) is 0 Å². The summed E-state index contributed by atoms with van der Waals surface area (Å²) in [5, 5.41) is 9.59. The molecule has 2 aromatic rings. The summed E-state index contributed by atoms with van der Waals surface area (Å²) < 4.78 is 0. The molecule has 0 heterocycles. The molecular weight excluding hydrogens is 248 g/mol. The molecule has 2 aromatic carbocycles. The van der Waals surface area contributed by atoms with Gasteiger partial charge in [0.1, 0.15) is 0 Å². The fourth-order valence-electron chi connectivity index (χ4n) is 3.10. The summed E-state index contributed by atoms with van der Waals surface area (Å²) in [5.41, 5.74) is 3.31. The van der Waals surface area contributed by atoms with Gasteiger partial charge in [0.15, 0.2) is 0 Å². The Balaban J connectivity index is 1.86. The lowest BCUT2D eigenvalue weighted by Gasteiger charge is -2.13. The first kappa shape index (κ1) is 12.9. The van der Waals surface area contributed by atoms with Crippen LogP contribution in [0.15, 0.2) is 54.6 Å². The van der Waals surface area contributed by atoms with Gasteiger partial charge in [-0.05, 0) is 36.3 Å². The highest BCUT2D eigenvalue weighted by molar-refractivity contribution is 5.77. The second kappa shape index (κ2) is 5.12. The Morgan fingerprint density at radius 3 is 2.55 bits per heavy atom. The van der Waals surface area contributed by atoms with Crippen molar-refractivity contribution >= 4 is 5.97 Å². The molecule has 1 aliphatic rings. The average Bonchev–Trinajstić information content (AvgIpc) is 3.20. The summed E-state index contributed by atoms with van der Waals surface area (Å²) in [6.45, 7) is 2.00. The second-order valence-electron chi connectivity index (χ2n) is 5.65. The Labute approximate surface area is 119 Å². The third-order valence-corrected chi connectivity index (χ3v) is 4.16. The van der Waals surface area contributed by atoms with Gasteiger partial charge in [-0.1, -0.05) is 60.2 Å². The number of hydrogen-bond donors (Lipinski definition) is 1. The van der Waals surface area contributed by atoms with Crippen molar-refractivity contribution in [1.29, 1.82) is 0 Å². The van der Waals surface area contributed by atoms with Gasteiger partial charge >= 0.3 is 5.97 Å². The Morgan fingerprint density at radius 2 is 1.90 bits per heavy atom. The van der Waals surface area contributed by atoms with Crippen LogP contribution in [0.3, 0.4) is 0 Å². The zero-order chi connectivity index (χ0) is 14.1. The fraction of sp³-hybridized carbons (Fsp3) is 0.278. The minimum Gasteiger partial charge on any atom is -0.481 e. The zero-order valence-electron chi connectivity index (χ0n) is 11.5. The van der Waals surface area contributed by atoms with Gasteiger partial charge in [-0.2, -0.15) is 0 Å². The van der Waals surface area contributed by atoms with Crippen molar-refractivity contribution in [3.05, 3.63) is 71.3 Å². The minimum absolute atomic E-state index is 0.219. The fourth-order valence-corrected chi connectivity index (χ4v) is 3.10. The second-order valence-corrected chi connectivity index (χ2v) is 5.65. The van der Waals surface area contributed by atoms with E-state index in [9.17, 15) is 9.90 Å². The van der Waals surface area contributed by atoms with E-state index in [0.717, 1.165) is 17.5 Å². The standard InChI is InChI=1S/C18H18O2/c1-12-6-5-9-14(10-12)17(18(19)20)16-11-15(16)13-7-3-2-4-8-13/h2-10,15-17H,11H2,1H3,(H,19,20). The van der Waals surface area contributed by atoms with Gasteiger partial charge in [0, 0.05) is 0 Å². The molecule has 20 heavy (non-hydrogen) atoms. The number of carbonyl (C=O) groups is 1. The molecule has 0 saturated heterocycles. The first-order valence-corrected chi connectivity index (χ1v) is 7.01. The molecule has 2 heteroatoms. The molecule has 0 aromatic heterocycles. The van der Waals surface area contributed by atoms with E-state index in [4.69, 9.17) is 0 Å². The van der Waals surface area contributed by atoms with Crippen LogP contribution in [0.2, 0.25) is 0 Å². The van der Waals surface area contributed by atoms with Crippen LogP contribution < -0.4 is 0 Å². The van der Waals surface area contributed by atoms with Gasteiger partial charge in [0.2, 0.25) is 0 Å². The molecule has 3 unspecified atom stereocenters. The maximum atomic E-state index is 11.7. The summed E-state index contributed by atoms with van der Waals surface area (Å²) in [7, 11) is 0. The van der Waals surface area contributed by atoms with Crippen molar-refractivity contribution < 1.29 is 9.90 Å². The average molecular weight is 266 g/mol. The lowest BCUT2D eigenvalue weighted by molar-refractivity contribution is -0.139. The number of benzene rings is 2. The van der Waals surface area contributed by atoms with Gasteiger partial charge in [0.05, 0.1) is 5.92 Å². The Morgan fingerprint density at radius 1 is 1.15 bits per heavy atom. The molecule has 3 atom stereocenters. The molecule has 2 nitrogen and oxygen atoms in total. The summed E-state index contributed by atoms with van der Waals surface area (Å²) in [6, 6.07) is 18.1. The molecule has 0 radical (unpaired) electrons. The topological polar surface area (TPSA) is 37.3 Å². The molecule has 1 aliphatic carbocycles. The quantitative estimate of drug-likeness (QED) is 0.909. The van der Waals surface area contributed by atoms with Crippen molar-refractivity contribution in [2.75, 3.05) is 0 Å². The van der Waals surface area contributed by atoms with Gasteiger partial charge in [-0.25, -0.2) is 0 Å². The van der Waals surface area contributed by atoms with E-state index in [0.29, 0.717) is 5.92 Å². The highest BCUT2D eigenvalue weighted by Crippen LogP contribution is 2.55. The third kappa shape index (κ3) is 2.46. The Hall–Kier alpha value is -2.09. The molecular formula is C18H18O2. The molecule has 3 rings (SSSR count). The number of carboxylic acid groups (broad SMARTS) is 1. The van der Waals surface area contributed by atoms with E-state index in [2.05, 4.69) is 12.1 Å². The predicted octanol–water partition coefficient (Wildman–Crippen LogP) is 3.97. The van der Waals surface area contributed by atoms with Gasteiger partial charge < -0.3 is 5.11 Å². The Bertz CT molecular complexity index is 618. The van der Waals surface area contributed by atoms with Crippen molar-refractivity contribution in [1.82, 2.24) is 0 Å². The highest BCUT2D eigenvalue weighted by Gasteiger charge is 2.47. The first-order valence-electron chi connectivity index (χ1n) is 7.01. The largest absolute Gasteiger partial charge is 0.481 e. The van der Waals surface area contributed by atoms with E-state index < -0.39 is 5.97 Å². The molecule has 102 valence electrons. The van der Waals surface area contributed by atoms with Crippen LogP contribution in [-0.2, 0) is 4.79 Å². The van der Waals surface area contributed by atoms with Crippen molar-refractivity contribution in [3.8, 4) is 0 Å². The number of aliphatic carboxylic acids is 1. The van der Waals surface area contributed by atoms with Crippen molar-refractivity contribution in [2.24, 2.45) is 5.92 Å². The molecule has 0 bridgehead atoms. The maximum absolute atomic E-state index is 11.7. The number of hydrogen-bond acceptors (Lipinski definition) is 1. The smallest absolute Gasteiger partial charge is 0.311 e. The maximum Gasteiger partial charge on any atom is 0.311 e. The minimum atomic E-state index is -0.709. The number of rotatable bonds is 4. The van der Waals surface area contributed by atoms with E-state index in [1.165, 1.54) is 5.56 Å². The normalized spacial score (nSPS) is 22.2. The molecule has 1 saturated carbocycles. The van der Waals surface area contributed by atoms with Crippen LogP contribution in [0.4, 0.5) is 0 Å². The molecule has 0 aliphatic heterocycles. The summed E-state index contributed by atoms with van der Waals surface area (Å²) in [4.78, 5) is 11.7. The third-order valence-electron chi connectivity index (χ3n) is 4.16. The predicted molar refractivity (Wildman–Crippen MR) is 78.8 cm³/mol. The molecule has 0 amide bonds. The van der Waals surface area contributed by atoms with Gasteiger partial charge in [-0.15, -0.1) is 0 Å². The van der Waals surface area contributed by atoms with E-state index in [-0.39, 0.29) is 11.8 Å². The van der Waals surface area contributed by atoms with Crippen LogP contribution in [0.1, 0.15) is 34.9 Å². The number of aryl methyl sites for hydroxylation is 1. The zero-order valence-corrected chi connectivity index (χ0v) is 11.5. The van der Waals surface area contributed by atoms with Crippen molar-refractivity contribution in [3.63, 3.8) is 0 Å². The van der Waals surface area contributed by atoms with Crippen LogP contribution >= 0.6 is 0 Å². The molecule has 1 fully saturated rings. The lowest BCUT2D eigenvalue weighted by Crippen LogP contribution is -2.14. The molecule has 1 N–H and O–H groups in total. The Kier molecular flexibility index (Phi) is 3.31. The summed E-state index contributed by atoms with van der Waals surface area (Å²) >= 11 is 0. The number of carboxylic acids is 1. The van der Waals surface area contributed by atoms with Crippen LogP contribution in [0.5, 0.6) is 0 Å². The van der Waals surface area contributed by atoms with E-state index in [1.807, 2.05) is 49.4 Å². The van der Waals surface area contributed by atoms with Crippen LogP contribution in [-0.4, -0.2) is 11.1 Å². The molecule has 0 spiro atoms. The van der Waals surface area contributed by atoms with Gasteiger partial charge in [0.25, 0.3) is 0 Å². The monoisotopic (exact) mass is 266 g/mol. The van der Waals surface area contributed by atoms with Crippen molar-refractivity contribution in [2.45, 2.75) is 25.2 Å². The SMILES string of the molecule is Cc1cccc(C(C(=O)O)C2CC2c2ccccc2)c1. The van der Waals surface area contributed by atoms with E-state index >= 15 is 0 Å². The summed E-state index contributed by atoms with van der Waals surface area (Å²) in [6.07, 6.45) is 0.967.